The Balaban J connectivity index is 1.92. The van der Waals surface area contributed by atoms with Gasteiger partial charge in [0.05, 0.1) is 31.8 Å². The standard InChI is InChI=1S/C24H18N12O6/c25-19-22(31-28-13-7-1-4-10-16(13)34(37)38)20(26)24(33-30-15-9-3-6-12-18(15)36(41)42)21(27)23(19)32-29-14-8-2-5-11-17(14)35(39)40/h1-12H,25-27H2. The van der Waals surface area contributed by atoms with Gasteiger partial charge < -0.3 is 17.2 Å². The molecule has 0 aromatic heterocycles. The van der Waals surface area contributed by atoms with E-state index >= 15 is 0 Å². The summed E-state index contributed by atoms with van der Waals surface area (Å²) in [6.07, 6.45) is 0. The zero-order chi connectivity index (χ0) is 30.4. The first-order valence-corrected chi connectivity index (χ1v) is 11.6. The van der Waals surface area contributed by atoms with Gasteiger partial charge in [-0.05, 0) is 18.2 Å². The molecule has 0 amide bonds. The molecule has 0 aliphatic heterocycles. The van der Waals surface area contributed by atoms with E-state index in [1.54, 1.807) is 0 Å². The van der Waals surface area contributed by atoms with Crippen molar-refractivity contribution in [2.75, 3.05) is 17.2 Å². The molecule has 18 nitrogen and oxygen atoms in total. The molecule has 4 aromatic carbocycles. The highest BCUT2D eigenvalue weighted by atomic mass is 16.6. The molecule has 0 unspecified atom stereocenters. The summed E-state index contributed by atoms with van der Waals surface area (Å²) in [7, 11) is 0. The van der Waals surface area contributed by atoms with Crippen molar-refractivity contribution in [2.45, 2.75) is 0 Å². The lowest BCUT2D eigenvalue weighted by atomic mass is 10.1. The van der Waals surface area contributed by atoms with Crippen molar-refractivity contribution in [1.29, 1.82) is 0 Å². The van der Waals surface area contributed by atoms with Crippen molar-refractivity contribution in [1.82, 2.24) is 0 Å². The van der Waals surface area contributed by atoms with Gasteiger partial charge in [-0.3, -0.25) is 30.3 Å². The maximum atomic E-state index is 11.4. The maximum absolute atomic E-state index is 11.4. The topological polar surface area (TPSA) is 282 Å². The van der Waals surface area contributed by atoms with Gasteiger partial charge in [0.15, 0.2) is 17.1 Å². The third kappa shape index (κ3) is 5.81. The highest BCUT2D eigenvalue weighted by molar-refractivity contribution is 6.01. The van der Waals surface area contributed by atoms with E-state index in [0.717, 1.165) is 0 Å². The van der Waals surface area contributed by atoms with Gasteiger partial charge in [-0.15, -0.1) is 30.7 Å². The Labute approximate surface area is 234 Å². The number of nitro groups is 3. The second-order valence-electron chi connectivity index (χ2n) is 8.12. The van der Waals surface area contributed by atoms with Gasteiger partial charge in [-0.2, -0.15) is 0 Å². The minimum absolute atomic E-state index is 0.135. The number of azo groups is 3. The minimum Gasteiger partial charge on any atom is -0.395 e. The van der Waals surface area contributed by atoms with Gasteiger partial charge in [0.1, 0.15) is 17.1 Å². The van der Waals surface area contributed by atoms with E-state index < -0.39 is 14.8 Å². The van der Waals surface area contributed by atoms with Crippen LogP contribution in [0.4, 0.5) is 68.2 Å². The summed E-state index contributed by atoms with van der Waals surface area (Å²) in [6, 6.07) is 16.4. The fourth-order valence-electron chi connectivity index (χ4n) is 3.52. The van der Waals surface area contributed by atoms with Crippen LogP contribution >= 0.6 is 0 Å². The number of benzene rings is 4. The van der Waals surface area contributed by atoms with E-state index in [1.807, 2.05) is 0 Å². The molecule has 4 aromatic rings. The summed E-state index contributed by atoms with van der Waals surface area (Å²) in [5, 5.41) is 57.8. The van der Waals surface area contributed by atoms with E-state index in [1.165, 1.54) is 72.8 Å². The van der Waals surface area contributed by atoms with Crippen LogP contribution < -0.4 is 17.2 Å². The number of nitrogen functional groups attached to an aromatic ring is 3. The lowest BCUT2D eigenvalue weighted by Crippen LogP contribution is -1.98. The molecule has 0 aliphatic rings. The molecule has 18 heteroatoms. The third-order valence-corrected chi connectivity index (χ3v) is 5.54. The third-order valence-electron chi connectivity index (χ3n) is 5.54. The fourth-order valence-corrected chi connectivity index (χ4v) is 3.52. The summed E-state index contributed by atoms with van der Waals surface area (Å²) in [6.45, 7) is 0. The smallest absolute Gasteiger partial charge is 0.296 e. The van der Waals surface area contributed by atoms with Crippen molar-refractivity contribution >= 4 is 68.2 Å². The van der Waals surface area contributed by atoms with Gasteiger partial charge in [0.25, 0.3) is 17.1 Å². The Morgan fingerprint density at radius 2 is 0.667 bits per heavy atom. The molecule has 0 saturated heterocycles. The number of anilines is 3. The molecular formula is C24H18N12O6. The Hall–Kier alpha value is -6.72. The molecule has 0 atom stereocenters. The number of rotatable bonds is 9. The predicted octanol–water partition coefficient (Wildman–Crippen LogP) is 7.40. The summed E-state index contributed by atoms with van der Waals surface area (Å²) >= 11 is 0. The van der Waals surface area contributed by atoms with E-state index in [9.17, 15) is 30.3 Å². The number of hydrogen-bond donors (Lipinski definition) is 3. The van der Waals surface area contributed by atoms with Crippen LogP contribution in [0.25, 0.3) is 0 Å². The molecule has 0 saturated carbocycles. The first kappa shape index (κ1) is 28.3. The molecule has 0 spiro atoms. The Morgan fingerprint density at radius 3 is 0.905 bits per heavy atom. The van der Waals surface area contributed by atoms with Gasteiger partial charge in [-0.25, -0.2) is 0 Å². The molecule has 0 bridgehead atoms. The minimum atomic E-state index is -0.664. The molecule has 6 N–H and O–H groups in total. The van der Waals surface area contributed by atoms with Crippen molar-refractivity contribution in [3.8, 4) is 0 Å². The summed E-state index contributed by atoms with van der Waals surface area (Å²) in [4.78, 5) is 32.2. The van der Waals surface area contributed by atoms with Crippen LogP contribution in [-0.2, 0) is 0 Å². The highest BCUT2D eigenvalue weighted by Gasteiger charge is 2.22. The van der Waals surface area contributed by atoms with Crippen LogP contribution in [0.15, 0.2) is 103 Å². The molecule has 0 fully saturated rings. The second-order valence-corrected chi connectivity index (χ2v) is 8.12. The lowest BCUT2D eigenvalue weighted by molar-refractivity contribution is -0.384. The molecule has 0 radical (unpaired) electrons. The van der Waals surface area contributed by atoms with Crippen LogP contribution in [0.1, 0.15) is 0 Å². The molecule has 0 aliphatic carbocycles. The van der Waals surface area contributed by atoms with Gasteiger partial charge in [0, 0.05) is 18.2 Å². The normalized spacial score (nSPS) is 11.4. The first-order valence-electron chi connectivity index (χ1n) is 11.6. The monoisotopic (exact) mass is 570 g/mol. The van der Waals surface area contributed by atoms with E-state index in [4.69, 9.17) is 17.2 Å². The predicted molar refractivity (Wildman–Crippen MR) is 151 cm³/mol. The average molecular weight is 570 g/mol. The number of hydrogen-bond acceptors (Lipinski definition) is 15. The average Bonchev–Trinajstić information content (AvgIpc) is 2.97. The van der Waals surface area contributed by atoms with Crippen molar-refractivity contribution in [3.05, 3.63) is 103 Å². The molecular weight excluding hydrogens is 552 g/mol. The summed E-state index contributed by atoms with van der Waals surface area (Å²) in [5.74, 6) is 0. The van der Waals surface area contributed by atoms with E-state index in [-0.39, 0.29) is 68.2 Å². The zero-order valence-corrected chi connectivity index (χ0v) is 21.1. The Morgan fingerprint density at radius 1 is 0.429 bits per heavy atom. The lowest BCUT2D eigenvalue weighted by Gasteiger charge is -2.12. The van der Waals surface area contributed by atoms with Crippen LogP contribution in [0.2, 0.25) is 0 Å². The summed E-state index contributed by atoms with van der Waals surface area (Å²) in [5.41, 5.74) is 15.5. The molecule has 210 valence electrons. The second kappa shape index (κ2) is 12.0. The van der Waals surface area contributed by atoms with Crippen LogP contribution in [0.3, 0.4) is 0 Å². The largest absolute Gasteiger partial charge is 0.395 e. The fraction of sp³-hybridized carbons (Fsp3) is 0. The first-order chi connectivity index (χ1) is 20.1. The van der Waals surface area contributed by atoms with Crippen LogP contribution in [-0.4, -0.2) is 14.8 Å². The van der Waals surface area contributed by atoms with Crippen LogP contribution in [0, 0.1) is 30.3 Å². The van der Waals surface area contributed by atoms with Gasteiger partial charge in [-0.1, -0.05) is 36.4 Å². The number of nitro benzene ring substituents is 3. The van der Waals surface area contributed by atoms with E-state index in [0.29, 0.717) is 0 Å². The highest BCUT2D eigenvalue weighted by Crippen LogP contribution is 2.51. The Bertz CT molecular complexity index is 1590. The molecule has 0 heterocycles. The molecule has 42 heavy (non-hydrogen) atoms. The van der Waals surface area contributed by atoms with Crippen molar-refractivity contribution in [2.24, 2.45) is 30.7 Å². The number of para-hydroxylation sites is 3. The van der Waals surface area contributed by atoms with Crippen LogP contribution in [0.5, 0.6) is 0 Å². The van der Waals surface area contributed by atoms with E-state index in [2.05, 4.69) is 30.7 Å². The maximum Gasteiger partial charge on any atom is 0.296 e. The number of nitrogens with zero attached hydrogens (tertiary/aromatic N) is 9. The number of nitrogens with two attached hydrogens (primary N) is 3. The Kier molecular flexibility index (Phi) is 8.07. The summed E-state index contributed by atoms with van der Waals surface area (Å²) < 4.78 is 0. The quantitative estimate of drug-likeness (QED) is 0.0779. The zero-order valence-electron chi connectivity index (χ0n) is 21.1. The van der Waals surface area contributed by atoms with Crippen molar-refractivity contribution < 1.29 is 14.8 Å². The van der Waals surface area contributed by atoms with Crippen molar-refractivity contribution in [3.63, 3.8) is 0 Å². The van der Waals surface area contributed by atoms with Gasteiger partial charge in [0.2, 0.25) is 0 Å². The molecule has 4 rings (SSSR count). The van der Waals surface area contributed by atoms with Gasteiger partial charge >= 0.3 is 0 Å². The SMILES string of the molecule is Nc1c(N=Nc2ccccc2[N+](=O)[O-])c(N)c(N=Nc2ccccc2[N+](=O)[O-])c(N)c1N=Nc1ccccc1[N+](=O)[O-].